The van der Waals surface area contributed by atoms with E-state index >= 15 is 0 Å². The second kappa shape index (κ2) is 3.05. The number of carboxylic acids is 1. The van der Waals surface area contributed by atoms with Crippen LogP contribution in [0.2, 0.25) is 0 Å². The van der Waals surface area contributed by atoms with E-state index in [2.05, 4.69) is 10.3 Å². The van der Waals surface area contributed by atoms with Gasteiger partial charge in [0.2, 0.25) is 0 Å². The highest BCUT2D eigenvalue weighted by atomic mass is 16.4. The molecule has 1 aromatic rings. The first kappa shape index (κ1) is 8.04. The fourth-order valence-electron chi connectivity index (χ4n) is 1.49. The fraction of sp³-hybridized carbons (Fsp3) is 0.333. The van der Waals surface area contributed by atoms with Crippen LogP contribution in [0.3, 0.4) is 0 Å². The maximum atomic E-state index is 10.7. The topological polar surface area (TPSA) is 62.2 Å². The number of pyridine rings is 1. The van der Waals surface area contributed by atoms with E-state index in [0.29, 0.717) is 13.0 Å². The summed E-state index contributed by atoms with van der Waals surface area (Å²) in [7, 11) is 0. The summed E-state index contributed by atoms with van der Waals surface area (Å²) in [6.07, 6.45) is 2.28. The molecule has 13 heavy (non-hydrogen) atoms. The van der Waals surface area contributed by atoms with Gasteiger partial charge in [-0.15, -0.1) is 0 Å². The van der Waals surface area contributed by atoms with Crippen molar-refractivity contribution in [2.45, 2.75) is 6.42 Å². The normalized spacial score (nSPS) is 20.2. The highest BCUT2D eigenvalue weighted by Crippen LogP contribution is 2.21. The lowest BCUT2D eigenvalue weighted by molar-refractivity contribution is -0.141. The average Bonchev–Trinajstić information content (AvgIpc) is 2.17. The lowest BCUT2D eigenvalue weighted by Gasteiger charge is -2.21. The van der Waals surface area contributed by atoms with Crippen LogP contribution in [-0.2, 0) is 11.2 Å². The number of aliphatic carboxylic acids is 1. The van der Waals surface area contributed by atoms with E-state index in [4.69, 9.17) is 5.11 Å². The van der Waals surface area contributed by atoms with Crippen molar-refractivity contribution >= 4 is 11.8 Å². The Kier molecular flexibility index (Phi) is 1.88. The molecule has 0 bridgehead atoms. The van der Waals surface area contributed by atoms with Gasteiger partial charge in [0.25, 0.3) is 0 Å². The van der Waals surface area contributed by atoms with Crippen molar-refractivity contribution in [2.75, 3.05) is 11.9 Å². The van der Waals surface area contributed by atoms with Gasteiger partial charge in [-0.25, -0.2) is 4.98 Å². The molecule has 1 aromatic heterocycles. The largest absolute Gasteiger partial charge is 0.481 e. The van der Waals surface area contributed by atoms with Gasteiger partial charge < -0.3 is 10.4 Å². The number of hydrogen-bond donors (Lipinski definition) is 2. The maximum Gasteiger partial charge on any atom is 0.308 e. The monoisotopic (exact) mass is 178 g/mol. The standard InChI is InChI=1S/C9H10N2O2/c12-9(13)7-4-6-2-1-3-10-8(6)11-5-7/h1-3,7H,4-5H2,(H,10,11)(H,12,13). The summed E-state index contributed by atoms with van der Waals surface area (Å²) in [6.45, 7) is 0.472. The van der Waals surface area contributed by atoms with Crippen molar-refractivity contribution in [3.63, 3.8) is 0 Å². The molecule has 0 saturated carbocycles. The van der Waals surface area contributed by atoms with E-state index in [0.717, 1.165) is 11.4 Å². The second-order valence-electron chi connectivity index (χ2n) is 3.13. The van der Waals surface area contributed by atoms with Gasteiger partial charge in [0.05, 0.1) is 5.92 Å². The number of nitrogens with one attached hydrogen (secondary N) is 1. The van der Waals surface area contributed by atoms with Crippen LogP contribution in [0.1, 0.15) is 5.56 Å². The van der Waals surface area contributed by atoms with Gasteiger partial charge >= 0.3 is 5.97 Å². The summed E-state index contributed by atoms with van der Waals surface area (Å²) in [5.74, 6) is -0.251. The van der Waals surface area contributed by atoms with Gasteiger partial charge in [-0.3, -0.25) is 4.79 Å². The van der Waals surface area contributed by atoms with Gasteiger partial charge in [0.15, 0.2) is 0 Å². The van der Waals surface area contributed by atoms with E-state index < -0.39 is 5.97 Å². The molecule has 2 N–H and O–H groups in total. The summed E-state index contributed by atoms with van der Waals surface area (Å²) in [5.41, 5.74) is 0.987. The summed E-state index contributed by atoms with van der Waals surface area (Å²) in [5, 5.41) is 11.8. The van der Waals surface area contributed by atoms with Gasteiger partial charge in [-0.05, 0) is 18.1 Å². The zero-order valence-corrected chi connectivity index (χ0v) is 7.03. The van der Waals surface area contributed by atoms with Gasteiger partial charge in [0, 0.05) is 12.7 Å². The van der Waals surface area contributed by atoms with Crippen LogP contribution in [0.15, 0.2) is 18.3 Å². The van der Waals surface area contributed by atoms with Crippen LogP contribution in [-0.4, -0.2) is 22.6 Å². The lowest BCUT2D eigenvalue weighted by atomic mass is 9.96. The van der Waals surface area contributed by atoms with Gasteiger partial charge in [0.1, 0.15) is 5.82 Å². The molecule has 1 aliphatic rings. The SMILES string of the molecule is O=C(O)C1CNc2ncccc2C1. The van der Waals surface area contributed by atoms with Crippen LogP contribution in [0.5, 0.6) is 0 Å². The highest BCUT2D eigenvalue weighted by molar-refractivity contribution is 5.72. The molecule has 1 aliphatic heterocycles. The Labute approximate surface area is 75.6 Å². The summed E-state index contributed by atoms with van der Waals surface area (Å²) >= 11 is 0. The lowest BCUT2D eigenvalue weighted by Crippen LogP contribution is -2.29. The van der Waals surface area contributed by atoms with Crippen LogP contribution in [0.25, 0.3) is 0 Å². The molecule has 1 atom stereocenters. The second-order valence-corrected chi connectivity index (χ2v) is 3.13. The molecule has 0 fully saturated rings. The Morgan fingerprint density at radius 1 is 1.69 bits per heavy atom. The fourth-order valence-corrected chi connectivity index (χ4v) is 1.49. The molecular weight excluding hydrogens is 168 g/mol. The molecule has 4 heteroatoms. The van der Waals surface area contributed by atoms with Gasteiger partial charge in [-0.1, -0.05) is 6.07 Å². The Bertz CT molecular complexity index is 338. The van der Waals surface area contributed by atoms with Crippen LogP contribution >= 0.6 is 0 Å². The predicted octanol–water partition coefficient (Wildman–Crippen LogP) is 0.750. The van der Waals surface area contributed by atoms with Crippen LogP contribution in [0, 0.1) is 5.92 Å². The molecule has 0 spiro atoms. The highest BCUT2D eigenvalue weighted by Gasteiger charge is 2.23. The molecular formula is C9H10N2O2. The third-order valence-corrected chi connectivity index (χ3v) is 2.22. The third-order valence-electron chi connectivity index (χ3n) is 2.22. The Balaban J connectivity index is 2.24. The number of aromatic nitrogens is 1. The molecule has 2 heterocycles. The van der Waals surface area contributed by atoms with Crippen molar-refractivity contribution in [3.05, 3.63) is 23.9 Å². The Morgan fingerprint density at radius 2 is 2.54 bits per heavy atom. The molecule has 0 aromatic carbocycles. The zero-order chi connectivity index (χ0) is 9.26. The smallest absolute Gasteiger partial charge is 0.308 e. The molecule has 4 nitrogen and oxygen atoms in total. The maximum absolute atomic E-state index is 10.7. The van der Waals surface area contributed by atoms with Crippen LogP contribution < -0.4 is 5.32 Å². The number of nitrogens with zero attached hydrogens (tertiary/aromatic N) is 1. The minimum atomic E-state index is -0.748. The first-order valence-electron chi connectivity index (χ1n) is 4.18. The molecule has 1 unspecified atom stereocenters. The van der Waals surface area contributed by atoms with E-state index in [9.17, 15) is 4.79 Å². The molecule has 0 amide bonds. The van der Waals surface area contributed by atoms with Crippen molar-refractivity contribution < 1.29 is 9.90 Å². The molecule has 0 aliphatic carbocycles. The summed E-state index contributed by atoms with van der Waals surface area (Å²) in [6, 6.07) is 3.73. The molecule has 0 radical (unpaired) electrons. The minimum absolute atomic E-state index is 0.323. The van der Waals surface area contributed by atoms with E-state index in [-0.39, 0.29) is 5.92 Å². The molecule has 68 valence electrons. The number of anilines is 1. The Morgan fingerprint density at radius 3 is 3.31 bits per heavy atom. The molecule has 0 saturated heterocycles. The van der Waals surface area contributed by atoms with Crippen molar-refractivity contribution in [1.82, 2.24) is 4.98 Å². The van der Waals surface area contributed by atoms with E-state index in [1.165, 1.54) is 0 Å². The quantitative estimate of drug-likeness (QED) is 0.666. The number of hydrogen-bond acceptors (Lipinski definition) is 3. The number of fused-ring (bicyclic) bond motifs is 1. The predicted molar refractivity (Wildman–Crippen MR) is 47.6 cm³/mol. The third kappa shape index (κ3) is 1.47. The van der Waals surface area contributed by atoms with E-state index in [1.807, 2.05) is 12.1 Å². The van der Waals surface area contributed by atoms with Crippen molar-refractivity contribution in [3.8, 4) is 0 Å². The van der Waals surface area contributed by atoms with Crippen molar-refractivity contribution in [1.29, 1.82) is 0 Å². The zero-order valence-electron chi connectivity index (χ0n) is 7.03. The van der Waals surface area contributed by atoms with Crippen LogP contribution in [0.4, 0.5) is 5.82 Å². The minimum Gasteiger partial charge on any atom is -0.481 e. The first-order valence-corrected chi connectivity index (χ1v) is 4.18. The van der Waals surface area contributed by atoms with Crippen molar-refractivity contribution in [2.24, 2.45) is 5.92 Å². The first-order chi connectivity index (χ1) is 6.27. The number of rotatable bonds is 1. The summed E-state index contributed by atoms with van der Waals surface area (Å²) < 4.78 is 0. The molecule has 2 rings (SSSR count). The summed E-state index contributed by atoms with van der Waals surface area (Å²) in [4.78, 5) is 14.8. The number of carbonyl (C=O) groups is 1. The number of carboxylic acid groups (broad SMARTS) is 1. The van der Waals surface area contributed by atoms with Gasteiger partial charge in [-0.2, -0.15) is 0 Å². The Hall–Kier alpha value is -1.58. The van der Waals surface area contributed by atoms with E-state index in [1.54, 1.807) is 6.20 Å². The average molecular weight is 178 g/mol.